The summed E-state index contributed by atoms with van der Waals surface area (Å²) in [5.74, 6) is 1.81. The number of aromatic hydroxyl groups is 1. The van der Waals surface area contributed by atoms with Crippen LogP contribution in [0.3, 0.4) is 0 Å². The molecule has 0 atom stereocenters. The van der Waals surface area contributed by atoms with Gasteiger partial charge in [0.15, 0.2) is 0 Å². The molecule has 1 aliphatic rings. The van der Waals surface area contributed by atoms with Crippen LogP contribution in [0.15, 0.2) is 77.9 Å². The topological polar surface area (TPSA) is 58.0 Å². The van der Waals surface area contributed by atoms with Crippen molar-refractivity contribution in [3.05, 3.63) is 89.7 Å². The maximum Gasteiger partial charge on any atom is 0.124 e. The summed E-state index contributed by atoms with van der Waals surface area (Å²) in [4.78, 5) is 11.7. The van der Waals surface area contributed by atoms with E-state index in [2.05, 4.69) is 28.1 Å². The standard InChI is InChI=1S/C27H31N3O2/c1-32-27-12-5-3-9-23(27)21-13-17-30(18-14-21)19-15-25(24-10-2-4-11-26(24)31)29-20-22-8-6-7-16-28-22/h2-12,16,21,31H,13-15,17-20H2,1H3/b29-25+. The summed E-state index contributed by atoms with van der Waals surface area (Å²) in [6, 6.07) is 21.7. The molecule has 4 rings (SSSR count). The Labute approximate surface area is 190 Å². The molecule has 1 aromatic heterocycles. The van der Waals surface area contributed by atoms with E-state index in [1.807, 2.05) is 42.5 Å². The zero-order valence-electron chi connectivity index (χ0n) is 18.7. The van der Waals surface area contributed by atoms with Gasteiger partial charge in [0.2, 0.25) is 0 Å². The van der Waals surface area contributed by atoms with Gasteiger partial charge in [-0.1, -0.05) is 36.4 Å². The monoisotopic (exact) mass is 429 g/mol. The van der Waals surface area contributed by atoms with Crippen LogP contribution in [0.2, 0.25) is 0 Å². The van der Waals surface area contributed by atoms with Crippen LogP contribution >= 0.6 is 0 Å². The minimum atomic E-state index is 0.280. The Morgan fingerprint density at radius 1 is 1.03 bits per heavy atom. The number of para-hydroxylation sites is 2. The first-order valence-electron chi connectivity index (χ1n) is 11.3. The second-order valence-corrected chi connectivity index (χ2v) is 8.21. The number of piperidine rings is 1. The summed E-state index contributed by atoms with van der Waals surface area (Å²) in [5, 5.41) is 10.4. The van der Waals surface area contributed by atoms with Gasteiger partial charge >= 0.3 is 0 Å². The Morgan fingerprint density at radius 2 is 1.78 bits per heavy atom. The molecule has 2 heterocycles. The lowest BCUT2D eigenvalue weighted by Crippen LogP contribution is -2.34. The van der Waals surface area contributed by atoms with Gasteiger partial charge in [0.1, 0.15) is 11.5 Å². The predicted octanol–water partition coefficient (Wildman–Crippen LogP) is 5.05. The third-order valence-corrected chi connectivity index (χ3v) is 6.20. The zero-order valence-corrected chi connectivity index (χ0v) is 18.7. The molecule has 1 saturated heterocycles. The average Bonchev–Trinajstić information content (AvgIpc) is 2.86. The van der Waals surface area contributed by atoms with Crippen molar-refractivity contribution >= 4 is 5.71 Å². The summed E-state index contributed by atoms with van der Waals surface area (Å²) < 4.78 is 5.57. The molecule has 3 aromatic rings. The number of rotatable bonds is 8. The first-order valence-corrected chi connectivity index (χ1v) is 11.3. The Balaban J connectivity index is 1.40. The van der Waals surface area contributed by atoms with E-state index in [4.69, 9.17) is 9.73 Å². The van der Waals surface area contributed by atoms with Crippen molar-refractivity contribution in [3.8, 4) is 11.5 Å². The normalized spacial score (nSPS) is 15.6. The van der Waals surface area contributed by atoms with E-state index >= 15 is 0 Å². The number of likely N-dealkylation sites (tertiary alicyclic amines) is 1. The number of aliphatic imine (C=N–C) groups is 1. The van der Waals surface area contributed by atoms with E-state index < -0.39 is 0 Å². The molecule has 166 valence electrons. The Hall–Kier alpha value is -3.18. The molecule has 5 heteroatoms. The Kier molecular flexibility index (Phi) is 7.51. The van der Waals surface area contributed by atoms with E-state index in [1.165, 1.54) is 5.56 Å². The Morgan fingerprint density at radius 3 is 2.53 bits per heavy atom. The van der Waals surface area contributed by atoms with Gasteiger partial charge in [-0.2, -0.15) is 0 Å². The van der Waals surface area contributed by atoms with Crippen LogP contribution in [-0.4, -0.2) is 47.4 Å². The molecule has 0 bridgehead atoms. The maximum atomic E-state index is 10.4. The fraction of sp³-hybridized carbons (Fsp3) is 0.333. The van der Waals surface area contributed by atoms with Gasteiger partial charge in [-0.15, -0.1) is 0 Å². The van der Waals surface area contributed by atoms with Gasteiger partial charge in [0, 0.05) is 30.4 Å². The van der Waals surface area contributed by atoms with Crippen LogP contribution in [0, 0.1) is 0 Å². The SMILES string of the molecule is COc1ccccc1C1CCN(CC/C(=N\Cc2ccccn2)c2ccccc2O)CC1. The van der Waals surface area contributed by atoms with E-state index in [0.29, 0.717) is 12.5 Å². The summed E-state index contributed by atoms with van der Waals surface area (Å²) in [7, 11) is 1.75. The molecule has 5 nitrogen and oxygen atoms in total. The fourth-order valence-corrected chi connectivity index (χ4v) is 4.42. The van der Waals surface area contributed by atoms with Gasteiger partial charge in [-0.25, -0.2) is 0 Å². The summed E-state index contributed by atoms with van der Waals surface area (Å²) >= 11 is 0. The van der Waals surface area contributed by atoms with Crippen molar-refractivity contribution < 1.29 is 9.84 Å². The van der Waals surface area contributed by atoms with E-state index in [1.54, 1.807) is 19.4 Å². The lowest BCUT2D eigenvalue weighted by Gasteiger charge is -2.32. The van der Waals surface area contributed by atoms with Crippen molar-refractivity contribution in [2.45, 2.75) is 31.7 Å². The third-order valence-electron chi connectivity index (χ3n) is 6.20. The molecule has 0 unspecified atom stereocenters. The largest absolute Gasteiger partial charge is 0.507 e. The molecule has 0 radical (unpaired) electrons. The molecular formula is C27H31N3O2. The highest BCUT2D eigenvalue weighted by Gasteiger charge is 2.23. The molecule has 1 fully saturated rings. The van der Waals surface area contributed by atoms with Crippen molar-refractivity contribution in [3.63, 3.8) is 0 Å². The molecule has 0 amide bonds. The van der Waals surface area contributed by atoms with Crippen LogP contribution in [0.25, 0.3) is 0 Å². The number of hydrogen-bond donors (Lipinski definition) is 1. The summed E-state index contributed by atoms with van der Waals surface area (Å²) in [6.07, 6.45) is 4.83. The number of aromatic nitrogens is 1. The van der Waals surface area contributed by atoms with E-state index in [-0.39, 0.29) is 5.75 Å². The summed E-state index contributed by atoms with van der Waals surface area (Å²) in [6.45, 7) is 3.54. The highest BCUT2D eigenvalue weighted by atomic mass is 16.5. The lowest BCUT2D eigenvalue weighted by atomic mass is 9.88. The van der Waals surface area contributed by atoms with Gasteiger partial charge in [0.05, 0.1) is 19.3 Å². The number of pyridine rings is 1. The quantitative estimate of drug-likeness (QED) is 0.509. The molecule has 1 N–H and O–H groups in total. The molecule has 0 saturated carbocycles. The second-order valence-electron chi connectivity index (χ2n) is 8.21. The smallest absolute Gasteiger partial charge is 0.124 e. The fourth-order valence-electron chi connectivity index (χ4n) is 4.42. The van der Waals surface area contributed by atoms with Gasteiger partial charge in [0.25, 0.3) is 0 Å². The van der Waals surface area contributed by atoms with Gasteiger partial charge in [-0.3, -0.25) is 9.98 Å². The minimum absolute atomic E-state index is 0.280. The molecule has 1 aliphatic heterocycles. The Bertz CT molecular complexity index is 1030. The number of methoxy groups -OCH3 is 1. The predicted molar refractivity (Wildman–Crippen MR) is 129 cm³/mol. The molecule has 32 heavy (non-hydrogen) atoms. The van der Waals surface area contributed by atoms with Gasteiger partial charge < -0.3 is 14.7 Å². The van der Waals surface area contributed by atoms with Crippen molar-refractivity contribution in [2.24, 2.45) is 4.99 Å². The third kappa shape index (κ3) is 5.54. The van der Waals surface area contributed by atoms with Crippen molar-refractivity contribution in [1.82, 2.24) is 9.88 Å². The van der Waals surface area contributed by atoms with Crippen LogP contribution < -0.4 is 4.74 Å². The number of benzene rings is 2. The average molecular weight is 430 g/mol. The van der Waals surface area contributed by atoms with Crippen LogP contribution in [-0.2, 0) is 6.54 Å². The second kappa shape index (κ2) is 10.9. The van der Waals surface area contributed by atoms with Crippen LogP contribution in [0.4, 0.5) is 0 Å². The first-order chi connectivity index (χ1) is 15.7. The molecule has 2 aromatic carbocycles. The van der Waals surface area contributed by atoms with E-state index in [0.717, 1.165) is 61.6 Å². The molecular weight excluding hydrogens is 398 g/mol. The molecule has 0 aliphatic carbocycles. The van der Waals surface area contributed by atoms with Crippen LogP contribution in [0.5, 0.6) is 11.5 Å². The maximum absolute atomic E-state index is 10.4. The molecule has 0 spiro atoms. The minimum Gasteiger partial charge on any atom is -0.507 e. The number of hydrogen-bond acceptors (Lipinski definition) is 5. The van der Waals surface area contributed by atoms with Crippen molar-refractivity contribution in [1.29, 1.82) is 0 Å². The summed E-state index contributed by atoms with van der Waals surface area (Å²) in [5.41, 5.74) is 3.99. The lowest BCUT2D eigenvalue weighted by molar-refractivity contribution is 0.216. The van der Waals surface area contributed by atoms with Crippen LogP contribution in [0.1, 0.15) is 42.0 Å². The van der Waals surface area contributed by atoms with E-state index in [9.17, 15) is 5.11 Å². The first kappa shape index (κ1) is 22.0. The number of phenols is 1. The highest BCUT2D eigenvalue weighted by Crippen LogP contribution is 2.34. The van der Waals surface area contributed by atoms with Crippen molar-refractivity contribution in [2.75, 3.05) is 26.7 Å². The zero-order chi connectivity index (χ0) is 22.2. The number of ether oxygens (including phenoxy) is 1. The van der Waals surface area contributed by atoms with Gasteiger partial charge in [-0.05, 0) is 67.7 Å². The number of phenolic OH excluding ortho intramolecular Hbond substituents is 1. The number of nitrogens with zero attached hydrogens (tertiary/aromatic N) is 3. The highest BCUT2D eigenvalue weighted by molar-refractivity contribution is 6.02.